The molecule has 1 aliphatic carbocycles. The Bertz CT molecular complexity index is 327. The van der Waals surface area contributed by atoms with Crippen molar-refractivity contribution in [3.05, 3.63) is 0 Å². The zero-order valence-electron chi connectivity index (χ0n) is 12.4. The van der Waals surface area contributed by atoms with Gasteiger partial charge in [-0.05, 0) is 40.0 Å². The maximum atomic E-state index is 11.9. The van der Waals surface area contributed by atoms with Crippen LogP contribution in [0.3, 0.4) is 0 Å². The molecule has 0 heterocycles. The lowest BCUT2D eigenvalue weighted by atomic mass is 9.83. The van der Waals surface area contributed by atoms with Crippen LogP contribution in [0.1, 0.15) is 52.9 Å². The molecule has 1 rings (SSSR count). The number of amides is 1. The fourth-order valence-electron chi connectivity index (χ4n) is 2.54. The molecule has 0 atom stereocenters. The third-order valence-corrected chi connectivity index (χ3v) is 3.45. The first-order valence-electron chi connectivity index (χ1n) is 6.84. The van der Waals surface area contributed by atoms with Gasteiger partial charge in [0.1, 0.15) is 5.60 Å². The molecule has 1 N–H and O–H groups in total. The zero-order chi connectivity index (χ0) is 14.5. The number of carbonyl (C=O) groups is 2. The smallest absolute Gasteiger partial charge is 0.407 e. The third kappa shape index (κ3) is 4.73. The minimum Gasteiger partial charge on any atom is -0.469 e. The van der Waals surface area contributed by atoms with Crippen molar-refractivity contribution in [2.24, 2.45) is 5.41 Å². The second kappa shape index (κ2) is 6.26. The van der Waals surface area contributed by atoms with Crippen LogP contribution in [0.15, 0.2) is 0 Å². The van der Waals surface area contributed by atoms with Gasteiger partial charge in [0.25, 0.3) is 0 Å². The molecule has 1 fully saturated rings. The molecular weight excluding hydrogens is 246 g/mol. The molecule has 0 aliphatic heterocycles. The van der Waals surface area contributed by atoms with E-state index in [-0.39, 0.29) is 5.97 Å². The minimum absolute atomic E-state index is 0.156. The first-order chi connectivity index (χ1) is 8.79. The molecule has 1 aliphatic rings. The van der Waals surface area contributed by atoms with Gasteiger partial charge >= 0.3 is 12.1 Å². The molecule has 0 radical (unpaired) electrons. The first kappa shape index (κ1) is 15.8. The molecule has 0 aromatic carbocycles. The van der Waals surface area contributed by atoms with Gasteiger partial charge in [0.05, 0.1) is 12.5 Å². The van der Waals surface area contributed by atoms with E-state index < -0.39 is 17.1 Å². The van der Waals surface area contributed by atoms with E-state index in [0.717, 1.165) is 25.7 Å². The van der Waals surface area contributed by atoms with Crippen molar-refractivity contribution in [3.8, 4) is 0 Å². The molecule has 0 aromatic heterocycles. The SMILES string of the molecule is COC(=O)C1(CCNC(=O)OC(C)(C)C)CCCC1. The monoisotopic (exact) mass is 271 g/mol. The maximum Gasteiger partial charge on any atom is 0.407 e. The van der Waals surface area contributed by atoms with Crippen LogP contribution in [-0.4, -0.2) is 31.3 Å². The Hall–Kier alpha value is -1.26. The predicted octanol–water partition coefficient (Wildman–Crippen LogP) is 2.63. The van der Waals surface area contributed by atoms with Crippen LogP contribution in [0.4, 0.5) is 4.79 Å². The highest BCUT2D eigenvalue weighted by Crippen LogP contribution is 2.41. The lowest BCUT2D eigenvalue weighted by molar-refractivity contribution is -0.152. The van der Waals surface area contributed by atoms with E-state index >= 15 is 0 Å². The average Bonchev–Trinajstić information content (AvgIpc) is 2.75. The molecule has 1 saturated carbocycles. The third-order valence-electron chi connectivity index (χ3n) is 3.45. The van der Waals surface area contributed by atoms with E-state index in [4.69, 9.17) is 9.47 Å². The quantitative estimate of drug-likeness (QED) is 0.798. The van der Waals surface area contributed by atoms with Crippen LogP contribution >= 0.6 is 0 Å². The Balaban J connectivity index is 2.42. The number of rotatable bonds is 4. The largest absolute Gasteiger partial charge is 0.469 e. The van der Waals surface area contributed by atoms with Gasteiger partial charge in [-0.3, -0.25) is 4.79 Å². The second-order valence-corrected chi connectivity index (χ2v) is 6.16. The van der Waals surface area contributed by atoms with Crippen molar-refractivity contribution in [3.63, 3.8) is 0 Å². The highest BCUT2D eigenvalue weighted by molar-refractivity contribution is 5.77. The van der Waals surface area contributed by atoms with Gasteiger partial charge in [-0.15, -0.1) is 0 Å². The highest BCUT2D eigenvalue weighted by Gasteiger charge is 2.41. The maximum absolute atomic E-state index is 11.9. The molecule has 0 saturated heterocycles. The Labute approximate surface area is 115 Å². The van der Waals surface area contributed by atoms with E-state index in [9.17, 15) is 9.59 Å². The molecule has 0 aromatic rings. The van der Waals surface area contributed by atoms with Crippen molar-refractivity contribution in [2.75, 3.05) is 13.7 Å². The van der Waals surface area contributed by atoms with Crippen LogP contribution in [0.5, 0.6) is 0 Å². The van der Waals surface area contributed by atoms with E-state index in [2.05, 4.69) is 5.32 Å². The van der Waals surface area contributed by atoms with Gasteiger partial charge in [0, 0.05) is 6.54 Å². The summed E-state index contributed by atoms with van der Waals surface area (Å²) < 4.78 is 10.0. The summed E-state index contributed by atoms with van der Waals surface area (Å²) in [6.07, 6.45) is 3.94. The van der Waals surface area contributed by atoms with Gasteiger partial charge < -0.3 is 14.8 Å². The fraction of sp³-hybridized carbons (Fsp3) is 0.857. The number of hydrogen-bond acceptors (Lipinski definition) is 4. The molecule has 0 unspecified atom stereocenters. The Morgan fingerprint density at radius 1 is 1.21 bits per heavy atom. The van der Waals surface area contributed by atoms with Gasteiger partial charge in [-0.25, -0.2) is 4.79 Å². The fourth-order valence-corrected chi connectivity index (χ4v) is 2.54. The van der Waals surface area contributed by atoms with Crippen LogP contribution in [0.25, 0.3) is 0 Å². The first-order valence-corrected chi connectivity index (χ1v) is 6.84. The molecule has 0 bridgehead atoms. The average molecular weight is 271 g/mol. The topological polar surface area (TPSA) is 64.6 Å². The van der Waals surface area contributed by atoms with Crippen molar-refractivity contribution in [2.45, 2.75) is 58.5 Å². The predicted molar refractivity (Wildman–Crippen MR) is 71.8 cm³/mol. The number of hydrogen-bond donors (Lipinski definition) is 1. The number of alkyl carbamates (subject to hydrolysis) is 1. The minimum atomic E-state index is -0.503. The van der Waals surface area contributed by atoms with Gasteiger partial charge in [-0.1, -0.05) is 12.8 Å². The Morgan fingerprint density at radius 2 is 1.79 bits per heavy atom. The lowest BCUT2D eigenvalue weighted by Crippen LogP contribution is -2.37. The van der Waals surface area contributed by atoms with Crippen molar-refractivity contribution < 1.29 is 19.1 Å². The normalized spacial score (nSPS) is 17.9. The van der Waals surface area contributed by atoms with Gasteiger partial charge in [-0.2, -0.15) is 0 Å². The summed E-state index contributed by atoms with van der Waals surface area (Å²) in [5, 5.41) is 2.70. The molecule has 1 amide bonds. The number of carbonyl (C=O) groups excluding carboxylic acids is 2. The second-order valence-electron chi connectivity index (χ2n) is 6.16. The van der Waals surface area contributed by atoms with E-state index in [1.54, 1.807) is 0 Å². The van der Waals surface area contributed by atoms with E-state index in [1.807, 2.05) is 20.8 Å². The molecule has 5 nitrogen and oxygen atoms in total. The van der Waals surface area contributed by atoms with E-state index in [1.165, 1.54) is 7.11 Å². The summed E-state index contributed by atoms with van der Waals surface area (Å²) in [4.78, 5) is 23.4. The van der Waals surface area contributed by atoms with Crippen LogP contribution < -0.4 is 5.32 Å². The van der Waals surface area contributed by atoms with Gasteiger partial charge in [0.15, 0.2) is 0 Å². The molecule has 5 heteroatoms. The standard InChI is InChI=1S/C14H25NO4/c1-13(2,3)19-12(17)15-10-9-14(11(16)18-4)7-5-6-8-14/h5-10H2,1-4H3,(H,15,17). The summed E-state index contributed by atoms with van der Waals surface area (Å²) in [5.74, 6) is -0.156. The van der Waals surface area contributed by atoms with Crippen LogP contribution in [0.2, 0.25) is 0 Å². The number of esters is 1. The van der Waals surface area contributed by atoms with Crippen LogP contribution in [-0.2, 0) is 14.3 Å². The van der Waals surface area contributed by atoms with Crippen molar-refractivity contribution >= 4 is 12.1 Å². The lowest BCUT2D eigenvalue weighted by Gasteiger charge is -2.26. The number of ether oxygens (including phenoxy) is 2. The number of methoxy groups -OCH3 is 1. The molecule has 110 valence electrons. The summed E-state index contributed by atoms with van der Waals surface area (Å²) in [5.41, 5.74) is -0.915. The molecule has 0 spiro atoms. The zero-order valence-corrected chi connectivity index (χ0v) is 12.4. The number of nitrogens with one attached hydrogen (secondary N) is 1. The summed E-state index contributed by atoms with van der Waals surface area (Å²) in [6.45, 7) is 5.89. The van der Waals surface area contributed by atoms with Crippen LogP contribution in [0, 0.1) is 5.41 Å². The highest BCUT2D eigenvalue weighted by atomic mass is 16.6. The summed E-state index contributed by atoms with van der Waals surface area (Å²) >= 11 is 0. The Morgan fingerprint density at radius 3 is 2.26 bits per heavy atom. The van der Waals surface area contributed by atoms with E-state index in [0.29, 0.717) is 13.0 Å². The summed E-state index contributed by atoms with van der Waals surface area (Å²) in [6, 6.07) is 0. The van der Waals surface area contributed by atoms with Gasteiger partial charge in [0.2, 0.25) is 0 Å². The molecule has 19 heavy (non-hydrogen) atoms. The summed E-state index contributed by atoms with van der Waals surface area (Å²) in [7, 11) is 1.42. The van der Waals surface area contributed by atoms with Crippen molar-refractivity contribution in [1.82, 2.24) is 5.32 Å². The Kier molecular flexibility index (Phi) is 5.20. The molecular formula is C14H25NO4. The van der Waals surface area contributed by atoms with Crippen molar-refractivity contribution in [1.29, 1.82) is 0 Å².